The number of aliphatic hydroxyl groups is 1. The molecule has 0 fully saturated rings. The summed E-state index contributed by atoms with van der Waals surface area (Å²) >= 11 is 0. The molecule has 1 heterocycles. The van der Waals surface area contributed by atoms with Crippen LogP contribution < -0.4 is 5.32 Å². The summed E-state index contributed by atoms with van der Waals surface area (Å²) in [6, 6.07) is 3.68. The largest absolute Gasteiger partial charge is 0.480 e. The second-order valence-corrected chi connectivity index (χ2v) is 4.02. The molecule has 7 heteroatoms. The van der Waals surface area contributed by atoms with Crippen LogP contribution in [0.5, 0.6) is 0 Å². The third-order valence-electron chi connectivity index (χ3n) is 2.55. The standard InChI is InChI=1S/C12H17N3O4/c1-15(7-5-9-4-2-3-6-13-9)12(19)14-10(8-16)11(17)18/h2-4,6,10,16H,5,7-8H2,1H3,(H,14,19)(H,17,18)/t10-/m1/s1. The van der Waals surface area contributed by atoms with Crippen molar-refractivity contribution in [1.29, 1.82) is 0 Å². The molecule has 0 saturated carbocycles. The van der Waals surface area contributed by atoms with E-state index >= 15 is 0 Å². The lowest BCUT2D eigenvalue weighted by atomic mass is 10.2. The number of likely N-dealkylation sites (N-methyl/N-ethyl adjacent to an activating group) is 1. The molecular weight excluding hydrogens is 250 g/mol. The molecular formula is C12H17N3O4. The van der Waals surface area contributed by atoms with Gasteiger partial charge in [-0.25, -0.2) is 9.59 Å². The van der Waals surface area contributed by atoms with E-state index in [1.165, 1.54) is 4.90 Å². The zero-order valence-electron chi connectivity index (χ0n) is 10.6. The summed E-state index contributed by atoms with van der Waals surface area (Å²) in [7, 11) is 1.55. The summed E-state index contributed by atoms with van der Waals surface area (Å²) in [6.07, 6.45) is 2.24. The van der Waals surface area contributed by atoms with E-state index < -0.39 is 24.6 Å². The van der Waals surface area contributed by atoms with Gasteiger partial charge < -0.3 is 20.4 Å². The lowest BCUT2D eigenvalue weighted by Gasteiger charge is -2.20. The predicted octanol–water partition coefficient (Wildman–Crippen LogP) is -0.289. The molecule has 0 bridgehead atoms. The average Bonchev–Trinajstić information content (AvgIpc) is 2.42. The molecule has 19 heavy (non-hydrogen) atoms. The number of carbonyl (C=O) groups is 2. The molecule has 0 aliphatic rings. The van der Waals surface area contributed by atoms with Crippen molar-refractivity contribution in [2.45, 2.75) is 12.5 Å². The van der Waals surface area contributed by atoms with E-state index in [-0.39, 0.29) is 0 Å². The van der Waals surface area contributed by atoms with Crippen LogP contribution in [0.15, 0.2) is 24.4 Å². The second kappa shape index (κ2) is 7.32. The molecule has 1 atom stereocenters. The number of carbonyl (C=O) groups excluding carboxylic acids is 1. The minimum Gasteiger partial charge on any atom is -0.480 e. The van der Waals surface area contributed by atoms with Crippen LogP contribution >= 0.6 is 0 Å². The van der Waals surface area contributed by atoms with Crippen LogP contribution in [0.3, 0.4) is 0 Å². The monoisotopic (exact) mass is 267 g/mol. The van der Waals surface area contributed by atoms with Crippen LogP contribution in [0.25, 0.3) is 0 Å². The van der Waals surface area contributed by atoms with Gasteiger partial charge in [-0.3, -0.25) is 4.98 Å². The number of aromatic nitrogens is 1. The maximum Gasteiger partial charge on any atom is 0.328 e. The fraction of sp³-hybridized carbons (Fsp3) is 0.417. The Bertz CT molecular complexity index is 424. The molecule has 0 aromatic carbocycles. The van der Waals surface area contributed by atoms with E-state index in [1.54, 1.807) is 19.3 Å². The number of carboxylic acid groups (broad SMARTS) is 1. The zero-order valence-corrected chi connectivity index (χ0v) is 10.6. The number of amides is 2. The van der Waals surface area contributed by atoms with Crippen molar-refractivity contribution in [2.75, 3.05) is 20.2 Å². The lowest BCUT2D eigenvalue weighted by Crippen LogP contribution is -2.48. The van der Waals surface area contributed by atoms with Crippen molar-refractivity contribution in [2.24, 2.45) is 0 Å². The molecule has 1 rings (SSSR count). The Morgan fingerprint density at radius 2 is 2.21 bits per heavy atom. The Morgan fingerprint density at radius 1 is 1.47 bits per heavy atom. The third kappa shape index (κ3) is 4.92. The van der Waals surface area contributed by atoms with Crippen molar-refractivity contribution in [3.8, 4) is 0 Å². The van der Waals surface area contributed by atoms with Crippen molar-refractivity contribution in [1.82, 2.24) is 15.2 Å². The first-order valence-electron chi connectivity index (χ1n) is 5.79. The van der Waals surface area contributed by atoms with E-state index in [1.807, 2.05) is 12.1 Å². The molecule has 7 nitrogen and oxygen atoms in total. The smallest absolute Gasteiger partial charge is 0.328 e. The van der Waals surface area contributed by atoms with Gasteiger partial charge in [-0.15, -0.1) is 0 Å². The van der Waals surface area contributed by atoms with E-state index in [9.17, 15) is 9.59 Å². The summed E-state index contributed by atoms with van der Waals surface area (Å²) < 4.78 is 0. The summed E-state index contributed by atoms with van der Waals surface area (Å²) in [5.74, 6) is -1.27. The number of rotatable bonds is 6. The van der Waals surface area contributed by atoms with Gasteiger partial charge in [0.2, 0.25) is 0 Å². The minimum atomic E-state index is -1.29. The first-order valence-corrected chi connectivity index (χ1v) is 5.79. The van der Waals surface area contributed by atoms with Crippen LogP contribution in [-0.4, -0.2) is 58.3 Å². The lowest BCUT2D eigenvalue weighted by molar-refractivity contribution is -0.140. The Morgan fingerprint density at radius 3 is 2.74 bits per heavy atom. The summed E-state index contributed by atoms with van der Waals surface area (Å²) in [5, 5.41) is 19.7. The molecule has 3 N–H and O–H groups in total. The Labute approximate surface area is 110 Å². The fourth-order valence-corrected chi connectivity index (χ4v) is 1.37. The first-order chi connectivity index (χ1) is 9.04. The van der Waals surface area contributed by atoms with Gasteiger partial charge in [0.25, 0.3) is 0 Å². The number of hydrogen-bond acceptors (Lipinski definition) is 4. The van der Waals surface area contributed by atoms with Gasteiger partial charge >= 0.3 is 12.0 Å². The van der Waals surface area contributed by atoms with Gasteiger partial charge in [0, 0.05) is 31.9 Å². The van der Waals surface area contributed by atoms with Gasteiger partial charge in [0.1, 0.15) is 0 Å². The molecule has 1 aromatic heterocycles. The average molecular weight is 267 g/mol. The van der Waals surface area contributed by atoms with E-state index in [0.717, 1.165) is 5.69 Å². The van der Waals surface area contributed by atoms with Crippen molar-refractivity contribution in [3.05, 3.63) is 30.1 Å². The number of hydrogen-bond donors (Lipinski definition) is 3. The topological polar surface area (TPSA) is 103 Å². The van der Waals surface area contributed by atoms with Crippen LogP contribution in [0.4, 0.5) is 4.79 Å². The van der Waals surface area contributed by atoms with Crippen LogP contribution in [0.1, 0.15) is 5.69 Å². The highest BCUT2D eigenvalue weighted by Gasteiger charge is 2.20. The van der Waals surface area contributed by atoms with Gasteiger partial charge in [-0.05, 0) is 12.1 Å². The van der Waals surface area contributed by atoms with E-state index in [2.05, 4.69) is 10.3 Å². The summed E-state index contributed by atoms with van der Waals surface area (Å²) in [4.78, 5) is 27.8. The number of aliphatic carboxylic acids is 1. The van der Waals surface area contributed by atoms with E-state index in [4.69, 9.17) is 10.2 Å². The molecule has 2 amide bonds. The van der Waals surface area contributed by atoms with Crippen molar-refractivity contribution in [3.63, 3.8) is 0 Å². The number of aliphatic hydroxyl groups excluding tert-OH is 1. The van der Waals surface area contributed by atoms with Gasteiger partial charge in [0.05, 0.1) is 6.61 Å². The van der Waals surface area contributed by atoms with Gasteiger partial charge in [-0.2, -0.15) is 0 Å². The maximum absolute atomic E-state index is 11.7. The summed E-state index contributed by atoms with van der Waals surface area (Å²) in [5.41, 5.74) is 0.846. The quantitative estimate of drug-likeness (QED) is 0.657. The maximum atomic E-state index is 11.7. The molecule has 1 aromatic rings. The van der Waals surface area contributed by atoms with Crippen molar-refractivity contribution >= 4 is 12.0 Å². The van der Waals surface area contributed by atoms with Crippen molar-refractivity contribution < 1.29 is 19.8 Å². The molecule has 0 aliphatic heterocycles. The first kappa shape index (κ1) is 14.9. The second-order valence-electron chi connectivity index (χ2n) is 4.02. The molecule has 0 aliphatic carbocycles. The highest BCUT2D eigenvalue weighted by atomic mass is 16.4. The Balaban J connectivity index is 2.42. The number of urea groups is 1. The zero-order chi connectivity index (χ0) is 14.3. The van der Waals surface area contributed by atoms with Crippen LogP contribution in [0, 0.1) is 0 Å². The van der Waals surface area contributed by atoms with E-state index in [0.29, 0.717) is 13.0 Å². The van der Waals surface area contributed by atoms with Crippen LogP contribution in [0.2, 0.25) is 0 Å². The Kier molecular flexibility index (Phi) is 5.74. The molecule has 0 unspecified atom stereocenters. The number of nitrogens with one attached hydrogen (secondary N) is 1. The number of pyridine rings is 1. The highest BCUT2D eigenvalue weighted by molar-refractivity contribution is 5.82. The van der Waals surface area contributed by atoms with Crippen LogP contribution in [-0.2, 0) is 11.2 Å². The highest BCUT2D eigenvalue weighted by Crippen LogP contribution is 1.97. The normalized spacial score (nSPS) is 11.7. The molecule has 0 radical (unpaired) electrons. The Hall–Kier alpha value is -2.15. The predicted molar refractivity (Wildman–Crippen MR) is 67.6 cm³/mol. The molecule has 104 valence electrons. The third-order valence-corrected chi connectivity index (χ3v) is 2.55. The number of carboxylic acids is 1. The number of nitrogens with zero attached hydrogens (tertiary/aromatic N) is 2. The fourth-order valence-electron chi connectivity index (χ4n) is 1.37. The van der Waals surface area contributed by atoms with Gasteiger partial charge in [0.15, 0.2) is 6.04 Å². The van der Waals surface area contributed by atoms with Gasteiger partial charge in [-0.1, -0.05) is 6.07 Å². The summed E-state index contributed by atoms with van der Waals surface area (Å²) in [6.45, 7) is -0.240. The molecule has 0 spiro atoms. The molecule has 0 saturated heterocycles. The SMILES string of the molecule is CN(CCc1ccccn1)C(=O)N[C@H](CO)C(=O)O. The minimum absolute atomic E-state index is 0.403.